The second-order valence-electron chi connectivity index (χ2n) is 11.2. The fraction of sp³-hybridized carbons (Fsp3) is 0.826. The van der Waals surface area contributed by atoms with E-state index in [4.69, 9.17) is 14.2 Å². The Kier molecular flexibility index (Phi) is 3.24. The van der Waals surface area contributed by atoms with Crippen molar-refractivity contribution in [1.29, 1.82) is 0 Å². The van der Waals surface area contributed by atoms with Gasteiger partial charge in [0.15, 0.2) is 17.4 Å². The van der Waals surface area contributed by atoms with Crippen LogP contribution in [0.3, 0.4) is 0 Å². The van der Waals surface area contributed by atoms with Crippen molar-refractivity contribution >= 4 is 12.1 Å². The summed E-state index contributed by atoms with van der Waals surface area (Å²) in [5.74, 6) is -2.94. The minimum absolute atomic E-state index is 0.00339. The zero-order valence-corrected chi connectivity index (χ0v) is 17.4. The van der Waals surface area contributed by atoms with Gasteiger partial charge in [-0.15, -0.1) is 0 Å². The molecule has 0 aromatic heterocycles. The van der Waals surface area contributed by atoms with E-state index in [9.17, 15) is 14.7 Å². The van der Waals surface area contributed by atoms with Crippen LogP contribution < -0.4 is 0 Å². The van der Waals surface area contributed by atoms with Crippen LogP contribution in [-0.2, 0) is 23.8 Å². The van der Waals surface area contributed by atoms with Gasteiger partial charge in [0, 0.05) is 29.1 Å². The lowest BCUT2D eigenvalue weighted by Crippen LogP contribution is -2.75. The van der Waals surface area contributed by atoms with E-state index in [0.717, 1.165) is 25.5 Å². The second kappa shape index (κ2) is 5.04. The van der Waals surface area contributed by atoms with Crippen molar-refractivity contribution in [3.63, 3.8) is 0 Å². The number of rotatable bonds is 1. The van der Waals surface area contributed by atoms with Crippen molar-refractivity contribution in [2.45, 2.75) is 76.7 Å². The summed E-state index contributed by atoms with van der Waals surface area (Å²) in [5.41, 5.74) is -1.36. The molecule has 29 heavy (non-hydrogen) atoms. The molecule has 2 heterocycles. The highest BCUT2D eigenvalue weighted by Crippen LogP contribution is 2.77. The molecule has 2 bridgehead atoms. The first-order valence-electron chi connectivity index (χ1n) is 11.0. The van der Waals surface area contributed by atoms with Gasteiger partial charge in [0.05, 0.1) is 24.2 Å². The molecule has 2 aliphatic heterocycles. The number of ether oxygens (including phenoxy) is 3. The SMILES string of the molecule is C=C1C(=O)[C@@]23C4OC(C)(C)O[C@@H]2C[C@H]2[C@]5(CCC[C@]2(C)C=O)CO[C@](O)(C[C@@H]14)[C@@H]53. The monoisotopic (exact) mass is 402 g/mol. The number of aldehydes is 1. The maximum absolute atomic E-state index is 13.8. The molecule has 1 unspecified atom stereocenters. The van der Waals surface area contributed by atoms with Gasteiger partial charge in [-0.1, -0.05) is 19.9 Å². The molecule has 6 rings (SSSR count). The summed E-state index contributed by atoms with van der Waals surface area (Å²) >= 11 is 0. The topological polar surface area (TPSA) is 82.1 Å². The molecule has 6 fully saturated rings. The number of hydrogen-bond donors (Lipinski definition) is 1. The van der Waals surface area contributed by atoms with Crippen LogP contribution >= 0.6 is 0 Å². The van der Waals surface area contributed by atoms with E-state index >= 15 is 0 Å². The minimum atomic E-state index is -1.40. The van der Waals surface area contributed by atoms with Crippen molar-refractivity contribution < 1.29 is 28.9 Å². The number of aliphatic hydroxyl groups is 1. The van der Waals surface area contributed by atoms with Gasteiger partial charge in [0.25, 0.3) is 0 Å². The molecule has 0 aromatic carbocycles. The maximum Gasteiger partial charge on any atom is 0.170 e. The summed E-state index contributed by atoms with van der Waals surface area (Å²) in [6.45, 7) is 10.3. The summed E-state index contributed by atoms with van der Waals surface area (Å²) in [7, 11) is 0. The third-order valence-corrected chi connectivity index (χ3v) is 9.51. The Morgan fingerprint density at radius 1 is 1.21 bits per heavy atom. The van der Waals surface area contributed by atoms with Crippen LogP contribution in [0, 0.1) is 34.0 Å². The van der Waals surface area contributed by atoms with Crippen molar-refractivity contribution in [1.82, 2.24) is 0 Å². The Morgan fingerprint density at radius 2 is 1.97 bits per heavy atom. The Labute approximate surface area is 171 Å². The highest BCUT2D eigenvalue weighted by Gasteiger charge is 2.85. The number of hydrogen-bond acceptors (Lipinski definition) is 6. The summed E-state index contributed by atoms with van der Waals surface area (Å²) < 4.78 is 19.0. The number of carbonyl (C=O) groups is 2. The fourth-order valence-corrected chi connectivity index (χ4v) is 8.73. The zero-order valence-electron chi connectivity index (χ0n) is 17.4. The van der Waals surface area contributed by atoms with Gasteiger partial charge in [-0.25, -0.2) is 0 Å². The summed E-state index contributed by atoms with van der Waals surface area (Å²) in [6.07, 6.45) is 3.81. The first-order chi connectivity index (χ1) is 13.5. The van der Waals surface area contributed by atoms with Gasteiger partial charge < -0.3 is 24.1 Å². The maximum atomic E-state index is 13.8. The molecule has 0 radical (unpaired) electrons. The average molecular weight is 402 g/mol. The Bertz CT molecular complexity index is 850. The summed E-state index contributed by atoms with van der Waals surface area (Å²) in [6, 6.07) is 0. The van der Waals surface area contributed by atoms with Crippen LogP contribution in [0.25, 0.3) is 0 Å². The summed E-state index contributed by atoms with van der Waals surface area (Å²) in [4.78, 5) is 26.1. The third kappa shape index (κ3) is 1.82. The van der Waals surface area contributed by atoms with Gasteiger partial charge in [-0.2, -0.15) is 0 Å². The Balaban J connectivity index is 1.63. The molecule has 4 aliphatic carbocycles. The van der Waals surface area contributed by atoms with E-state index in [1.807, 2.05) is 20.8 Å². The average Bonchev–Trinajstić information content (AvgIpc) is 3.03. The molecule has 6 aliphatic rings. The molecule has 1 N–H and O–H groups in total. The van der Waals surface area contributed by atoms with E-state index in [-0.39, 0.29) is 23.7 Å². The first-order valence-corrected chi connectivity index (χ1v) is 11.0. The van der Waals surface area contributed by atoms with Crippen molar-refractivity contribution in [3.8, 4) is 0 Å². The molecule has 0 amide bonds. The van der Waals surface area contributed by atoms with Gasteiger partial charge in [0.1, 0.15) is 6.29 Å². The van der Waals surface area contributed by atoms with Crippen LogP contribution in [0.4, 0.5) is 0 Å². The van der Waals surface area contributed by atoms with Crippen LogP contribution in [0.2, 0.25) is 0 Å². The summed E-state index contributed by atoms with van der Waals surface area (Å²) in [5, 5.41) is 11.8. The fourth-order valence-electron chi connectivity index (χ4n) is 8.73. The molecule has 158 valence electrons. The lowest BCUT2D eigenvalue weighted by atomic mass is 9.39. The zero-order chi connectivity index (χ0) is 20.6. The largest absolute Gasteiger partial charge is 0.365 e. The molecule has 6 nitrogen and oxygen atoms in total. The minimum Gasteiger partial charge on any atom is -0.365 e. The molecule has 2 saturated heterocycles. The quantitative estimate of drug-likeness (QED) is 0.536. The molecule has 9 atom stereocenters. The second-order valence-corrected chi connectivity index (χ2v) is 11.2. The van der Waals surface area contributed by atoms with Crippen LogP contribution in [-0.4, -0.2) is 47.6 Å². The molecule has 2 spiro atoms. The van der Waals surface area contributed by atoms with E-state index in [2.05, 4.69) is 6.58 Å². The smallest absolute Gasteiger partial charge is 0.170 e. The van der Waals surface area contributed by atoms with Gasteiger partial charge in [-0.05, 0) is 44.6 Å². The number of carbonyl (C=O) groups excluding carboxylic acids is 2. The van der Waals surface area contributed by atoms with Crippen molar-refractivity contribution in [3.05, 3.63) is 12.2 Å². The Hall–Kier alpha value is -1.08. The van der Waals surface area contributed by atoms with Gasteiger partial charge in [0.2, 0.25) is 0 Å². The first kappa shape index (κ1) is 18.7. The standard InChI is InChI=1S/C23H30O6/c1-12-13-9-22(26)18-21(11-27-22)7-5-6-20(4,10-24)14(21)8-15-23(18,16(12)25)17(13)29-19(2,3)28-15/h10,13-15,17-18,26H,1,5-9,11H2,2-4H3/t13-,14+,15+,17?,18+,20+,21-,22+,23+/m0/s1. The normalized spacial score (nSPS) is 59.2. The van der Waals surface area contributed by atoms with Gasteiger partial charge in [-0.3, -0.25) is 4.79 Å². The highest BCUT2D eigenvalue weighted by molar-refractivity contribution is 6.05. The van der Waals surface area contributed by atoms with E-state index in [1.54, 1.807) is 0 Å². The molecular weight excluding hydrogens is 372 g/mol. The van der Waals surface area contributed by atoms with Crippen LogP contribution in [0.5, 0.6) is 0 Å². The Morgan fingerprint density at radius 3 is 2.69 bits per heavy atom. The number of ketones is 1. The van der Waals surface area contributed by atoms with E-state index < -0.39 is 39.8 Å². The van der Waals surface area contributed by atoms with Crippen molar-refractivity contribution in [2.24, 2.45) is 34.0 Å². The van der Waals surface area contributed by atoms with Crippen LogP contribution in [0.1, 0.15) is 52.9 Å². The van der Waals surface area contributed by atoms with Crippen LogP contribution in [0.15, 0.2) is 12.2 Å². The third-order valence-electron chi connectivity index (χ3n) is 9.51. The molecular formula is C23H30O6. The lowest BCUT2D eigenvalue weighted by molar-refractivity contribution is -0.399. The van der Waals surface area contributed by atoms with Gasteiger partial charge >= 0.3 is 0 Å². The van der Waals surface area contributed by atoms with E-state index in [0.29, 0.717) is 25.0 Å². The predicted octanol–water partition coefficient (Wildman–Crippen LogP) is 2.38. The van der Waals surface area contributed by atoms with E-state index in [1.165, 1.54) is 0 Å². The molecule has 4 saturated carbocycles. The molecule has 0 aromatic rings. The van der Waals surface area contributed by atoms with Crippen molar-refractivity contribution in [2.75, 3.05) is 6.61 Å². The number of Topliss-reactive ketones (excluding diaryl/α,β-unsaturated/α-hetero) is 1. The predicted molar refractivity (Wildman–Crippen MR) is 101 cm³/mol. The lowest BCUT2D eigenvalue weighted by Gasteiger charge is -2.67. The highest BCUT2D eigenvalue weighted by atomic mass is 16.7. The molecule has 6 heteroatoms.